The van der Waals surface area contributed by atoms with Crippen LogP contribution in [0.5, 0.6) is 5.88 Å². The number of primary amides is 1. The number of aromatic nitrogens is 2. The van der Waals surface area contributed by atoms with Crippen molar-refractivity contribution in [2.24, 2.45) is 5.73 Å². The first-order valence-electron chi connectivity index (χ1n) is 6.85. The first-order chi connectivity index (χ1) is 10.7. The zero-order chi connectivity index (χ0) is 15.5. The maximum absolute atomic E-state index is 11.5. The average molecular weight is 293 g/mol. The van der Waals surface area contributed by atoms with Gasteiger partial charge in [0.2, 0.25) is 5.88 Å². The molecule has 2 N–H and O–H groups in total. The van der Waals surface area contributed by atoms with Crippen molar-refractivity contribution in [3.8, 4) is 5.88 Å². The van der Waals surface area contributed by atoms with Gasteiger partial charge in [-0.15, -0.1) is 0 Å². The summed E-state index contributed by atoms with van der Waals surface area (Å²) >= 11 is 0. The molecule has 3 aromatic rings. The molecule has 0 saturated carbocycles. The quantitative estimate of drug-likeness (QED) is 0.800. The summed E-state index contributed by atoms with van der Waals surface area (Å²) in [6, 6.07) is 13.2. The van der Waals surface area contributed by atoms with E-state index in [-0.39, 0.29) is 5.69 Å². The van der Waals surface area contributed by atoms with Gasteiger partial charge in [0, 0.05) is 17.6 Å². The molecule has 0 bridgehead atoms. The SMILES string of the molecule is COc1ccc(Cc2cc(C(N)=O)nc3ccccc23)cn1. The van der Waals surface area contributed by atoms with Crippen molar-refractivity contribution in [1.82, 2.24) is 9.97 Å². The van der Waals surface area contributed by atoms with Gasteiger partial charge in [-0.2, -0.15) is 0 Å². The van der Waals surface area contributed by atoms with E-state index in [2.05, 4.69) is 9.97 Å². The van der Waals surface area contributed by atoms with E-state index in [0.717, 1.165) is 22.0 Å². The molecule has 0 saturated heterocycles. The van der Waals surface area contributed by atoms with Crippen LogP contribution in [0.2, 0.25) is 0 Å². The summed E-state index contributed by atoms with van der Waals surface area (Å²) in [5.74, 6) is 0.0426. The van der Waals surface area contributed by atoms with E-state index < -0.39 is 5.91 Å². The van der Waals surface area contributed by atoms with Crippen molar-refractivity contribution < 1.29 is 9.53 Å². The zero-order valence-corrected chi connectivity index (χ0v) is 12.1. The third-order valence-corrected chi connectivity index (χ3v) is 3.46. The lowest BCUT2D eigenvalue weighted by molar-refractivity contribution is 0.0996. The molecular weight excluding hydrogens is 278 g/mol. The number of rotatable bonds is 4. The fraction of sp³-hybridized carbons (Fsp3) is 0.118. The monoisotopic (exact) mass is 293 g/mol. The summed E-state index contributed by atoms with van der Waals surface area (Å²) in [4.78, 5) is 20.0. The number of pyridine rings is 2. The van der Waals surface area contributed by atoms with Crippen LogP contribution in [0.1, 0.15) is 21.6 Å². The summed E-state index contributed by atoms with van der Waals surface area (Å²) in [6.45, 7) is 0. The smallest absolute Gasteiger partial charge is 0.267 e. The fourth-order valence-corrected chi connectivity index (χ4v) is 2.38. The molecule has 1 aromatic carbocycles. The van der Waals surface area contributed by atoms with Crippen molar-refractivity contribution in [3.63, 3.8) is 0 Å². The third-order valence-electron chi connectivity index (χ3n) is 3.46. The molecule has 0 radical (unpaired) electrons. The first kappa shape index (κ1) is 14.0. The molecule has 0 fully saturated rings. The lowest BCUT2D eigenvalue weighted by Gasteiger charge is -2.08. The molecule has 3 rings (SSSR count). The van der Waals surface area contributed by atoms with Crippen molar-refractivity contribution >= 4 is 16.8 Å². The van der Waals surface area contributed by atoms with E-state index in [1.807, 2.05) is 36.4 Å². The van der Waals surface area contributed by atoms with Crippen LogP contribution in [-0.4, -0.2) is 23.0 Å². The number of para-hydroxylation sites is 1. The number of carbonyl (C=O) groups is 1. The number of hydrogen-bond acceptors (Lipinski definition) is 4. The lowest BCUT2D eigenvalue weighted by Crippen LogP contribution is -2.13. The van der Waals surface area contributed by atoms with Gasteiger partial charge < -0.3 is 10.5 Å². The van der Waals surface area contributed by atoms with Gasteiger partial charge in [-0.1, -0.05) is 24.3 Å². The molecule has 22 heavy (non-hydrogen) atoms. The minimum Gasteiger partial charge on any atom is -0.481 e. The maximum Gasteiger partial charge on any atom is 0.267 e. The predicted molar refractivity (Wildman–Crippen MR) is 83.9 cm³/mol. The average Bonchev–Trinajstić information content (AvgIpc) is 2.55. The van der Waals surface area contributed by atoms with Crippen LogP contribution in [0.15, 0.2) is 48.7 Å². The molecule has 2 aromatic heterocycles. The van der Waals surface area contributed by atoms with Crippen LogP contribution < -0.4 is 10.5 Å². The van der Waals surface area contributed by atoms with Gasteiger partial charge in [0.25, 0.3) is 5.91 Å². The highest BCUT2D eigenvalue weighted by Gasteiger charge is 2.10. The number of benzene rings is 1. The Morgan fingerprint density at radius 2 is 2.05 bits per heavy atom. The summed E-state index contributed by atoms with van der Waals surface area (Å²) in [7, 11) is 1.58. The Morgan fingerprint density at radius 1 is 1.23 bits per heavy atom. The van der Waals surface area contributed by atoms with E-state index >= 15 is 0 Å². The number of hydrogen-bond donors (Lipinski definition) is 1. The van der Waals surface area contributed by atoms with Gasteiger partial charge in [0.05, 0.1) is 12.6 Å². The minimum absolute atomic E-state index is 0.273. The summed E-state index contributed by atoms with van der Waals surface area (Å²) in [5, 5.41) is 1.00. The normalized spacial score (nSPS) is 10.6. The predicted octanol–water partition coefficient (Wildman–Crippen LogP) is 2.33. The summed E-state index contributed by atoms with van der Waals surface area (Å²) in [5.41, 5.74) is 8.42. The molecular formula is C17H15N3O2. The van der Waals surface area contributed by atoms with Crippen LogP contribution in [0.4, 0.5) is 0 Å². The Balaban J connectivity index is 2.05. The summed E-state index contributed by atoms with van der Waals surface area (Å²) < 4.78 is 5.06. The highest BCUT2D eigenvalue weighted by Crippen LogP contribution is 2.21. The van der Waals surface area contributed by atoms with Crippen LogP contribution in [0, 0.1) is 0 Å². The molecule has 2 heterocycles. The minimum atomic E-state index is -0.528. The van der Waals surface area contributed by atoms with Gasteiger partial charge in [-0.05, 0) is 29.7 Å². The fourth-order valence-electron chi connectivity index (χ4n) is 2.38. The van der Waals surface area contributed by atoms with Crippen molar-refractivity contribution in [3.05, 3.63) is 65.5 Å². The van der Waals surface area contributed by atoms with E-state index in [1.165, 1.54) is 0 Å². The third kappa shape index (κ3) is 2.74. The molecule has 0 unspecified atom stereocenters. The van der Waals surface area contributed by atoms with Crippen molar-refractivity contribution in [2.75, 3.05) is 7.11 Å². The molecule has 0 aliphatic rings. The van der Waals surface area contributed by atoms with E-state index in [1.54, 1.807) is 19.4 Å². The number of ether oxygens (including phenoxy) is 1. The Labute approximate surface area is 127 Å². The van der Waals surface area contributed by atoms with E-state index in [4.69, 9.17) is 10.5 Å². The molecule has 5 nitrogen and oxygen atoms in total. The molecule has 1 amide bonds. The van der Waals surface area contributed by atoms with Crippen molar-refractivity contribution in [1.29, 1.82) is 0 Å². The van der Waals surface area contributed by atoms with Crippen molar-refractivity contribution in [2.45, 2.75) is 6.42 Å². The standard InChI is InChI=1S/C17H15N3O2/c1-22-16-7-6-11(10-19-16)8-12-9-15(17(18)21)20-14-5-3-2-4-13(12)14/h2-7,9-10H,8H2,1H3,(H2,18,21). The second-order valence-corrected chi connectivity index (χ2v) is 4.93. The largest absolute Gasteiger partial charge is 0.481 e. The highest BCUT2D eigenvalue weighted by atomic mass is 16.5. The molecule has 110 valence electrons. The number of carbonyl (C=O) groups excluding carboxylic acids is 1. The topological polar surface area (TPSA) is 78.1 Å². The second kappa shape index (κ2) is 5.81. The zero-order valence-electron chi connectivity index (χ0n) is 12.1. The lowest BCUT2D eigenvalue weighted by atomic mass is 10.0. The first-order valence-corrected chi connectivity index (χ1v) is 6.85. The Morgan fingerprint density at radius 3 is 2.73 bits per heavy atom. The van der Waals surface area contributed by atoms with Crippen LogP contribution in [0.3, 0.4) is 0 Å². The highest BCUT2D eigenvalue weighted by molar-refractivity contribution is 5.95. The van der Waals surface area contributed by atoms with Gasteiger partial charge >= 0.3 is 0 Å². The van der Waals surface area contributed by atoms with Crippen LogP contribution in [0.25, 0.3) is 10.9 Å². The van der Waals surface area contributed by atoms with Crippen LogP contribution >= 0.6 is 0 Å². The number of methoxy groups -OCH3 is 1. The number of fused-ring (bicyclic) bond motifs is 1. The number of nitrogens with two attached hydrogens (primary N) is 1. The Kier molecular flexibility index (Phi) is 3.70. The van der Waals surface area contributed by atoms with E-state index in [9.17, 15) is 4.79 Å². The van der Waals surface area contributed by atoms with Gasteiger partial charge in [0.1, 0.15) is 5.69 Å². The molecule has 0 atom stereocenters. The molecule has 0 aliphatic heterocycles. The number of nitrogens with zero attached hydrogens (tertiary/aromatic N) is 2. The molecule has 0 aliphatic carbocycles. The van der Waals surface area contributed by atoms with Gasteiger partial charge in [-0.25, -0.2) is 9.97 Å². The van der Waals surface area contributed by atoms with Gasteiger partial charge in [-0.3, -0.25) is 4.79 Å². The summed E-state index contributed by atoms with van der Waals surface area (Å²) in [6.07, 6.45) is 2.40. The Bertz CT molecular complexity index is 829. The maximum atomic E-state index is 11.5. The second-order valence-electron chi connectivity index (χ2n) is 4.93. The van der Waals surface area contributed by atoms with Gasteiger partial charge in [0.15, 0.2) is 0 Å². The molecule has 5 heteroatoms. The van der Waals surface area contributed by atoms with E-state index in [0.29, 0.717) is 12.3 Å². The number of amides is 1. The Hall–Kier alpha value is -2.95. The molecule has 0 spiro atoms. The van der Waals surface area contributed by atoms with Crippen LogP contribution in [-0.2, 0) is 6.42 Å².